The molecular weight excluding hydrogens is 498 g/mol. The first kappa shape index (κ1) is 26.6. The molecule has 2 heterocycles. The molecule has 2 fully saturated rings. The van der Waals surface area contributed by atoms with Crippen LogP contribution in [-0.4, -0.2) is 62.9 Å². The summed E-state index contributed by atoms with van der Waals surface area (Å²) < 4.78 is 32.2. The number of rotatable bonds is 8. The number of benzene rings is 3. The lowest BCUT2D eigenvalue weighted by Gasteiger charge is -2.32. The molecule has 200 valence electrons. The number of likely N-dealkylation sites (tertiary alicyclic amines) is 1. The van der Waals surface area contributed by atoms with Crippen LogP contribution in [0.1, 0.15) is 34.3 Å². The second-order valence-corrected chi connectivity index (χ2v) is 12.0. The fourth-order valence-electron chi connectivity index (χ4n) is 5.17. The molecule has 3 aromatic carbocycles. The average Bonchev–Trinajstić information content (AvgIpc) is 2.96. The van der Waals surface area contributed by atoms with Crippen molar-refractivity contribution in [3.8, 4) is 0 Å². The lowest BCUT2D eigenvalue weighted by Crippen LogP contribution is -2.40. The van der Waals surface area contributed by atoms with E-state index in [9.17, 15) is 13.2 Å². The molecule has 7 nitrogen and oxygen atoms in total. The van der Waals surface area contributed by atoms with Gasteiger partial charge in [0, 0.05) is 30.9 Å². The van der Waals surface area contributed by atoms with E-state index in [4.69, 9.17) is 4.74 Å². The first-order valence-electron chi connectivity index (χ1n) is 13.3. The zero-order valence-electron chi connectivity index (χ0n) is 21.6. The number of nitrogens with zero attached hydrogens (tertiary/aromatic N) is 2. The third-order valence-electron chi connectivity index (χ3n) is 7.42. The fourth-order valence-corrected chi connectivity index (χ4v) is 6.57. The lowest BCUT2D eigenvalue weighted by molar-refractivity contribution is 0.0730. The quantitative estimate of drug-likeness (QED) is 0.464. The summed E-state index contributed by atoms with van der Waals surface area (Å²) in [7, 11) is -3.56. The van der Waals surface area contributed by atoms with E-state index >= 15 is 0 Å². The van der Waals surface area contributed by atoms with E-state index in [1.54, 1.807) is 12.1 Å². The Kier molecular flexibility index (Phi) is 8.54. The smallest absolute Gasteiger partial charge is 0.255 e. The molecule has 0 aliphatic carbocycles. The van der Waals surface area contributed by atoms with Crippen molar-refractivity contribution in [3.63, 3.8) is 0 Å². The maximum atomic E-state index is 12.8. The molecular formula is C30H35N3O4S. The maximum Gasteiger partial charge on any atom is 0.255 e. The van der Waals surface area contributed by atoms with Crippen molar-refractivity contribution < 1.29 is 17.9 Å². The molecule has 0 spiro atoms. The van der Waals surface area contributed by atoms with E-state index in [1.807, 2.05) is 24.3 Å². The van der Waals surface area contributed by atoms with Gasteiger partial charge in [0.05, 0.1) is 18.1 Å². The summed E-state index contributed by atoms with van der Waals surface area (Å²) in [6, 6.07) is 24.8. The van der Waals surface area contributed by atoms with Crippen LogP contribution in [0.25, 0.3) is 0 Å². The Balaban J connectivity index is 1.10. The van der Waals surface area contributed by atoms with E-state index in [0.29, 0.717) is 37.6 Å². The Bertz CT molecular complexity index is 1300. The minimum atomic E-state index is -3.56. The van der Waals surface area contributed by atoms with Crippen molar-refractivity contribution in [1.82, 2.24) is 9.21 Å². The SMILES string of the molecule is O=C(Nc1ccc(S(=O)(=O)N2CCOCC2)cc1)c1ccc(CN2CCC(Cc3ccccc3)CC2)cc1. The highest BCUT2D eigenvalue weighted by Gasteiger charge is 2.26. The van der Waals surface area contributed by atoms with Gasteiger partial charge in [-0.15, -0.1) is 0 Å². The van der Waals surface area contributed by atoms with Gasteiger partial charge in [0.15, 0.2) is 0 Å². The highest BCUT2D eigenvalue weighted by atomic mass is 32.2. The summed E-state index contributed by atoms with van der Waals surface area (Å²) in [5.74, 6) is 0.523. The highest BCUT2D eigenvalue weighted by Crippen LogP contribution is 2.23. The third kappa shape index (κ3) is 6.69. The molecule has 1 N–H and O–H groups in total. The molecule has 0 aromatic heterocycles. The molecule has 2 saturated heterocycles. The van der Waals surface area contributed by atoms with Crippen LogP contribution in [0.5, 0.6) is 0 Å². The van der Waals surface area contributed by atoms with Gasteiger partial charge in [0.2, 0.25) is 10.0 Å². The van der Waals surface area contributed by atoms with Crippen molar-refractivity contribution in [3.05, 3.63) is 95.6 Å². The number of nitrogens with one attached hydrogen (secondary N) is 1. The van der Waals surface area contributed by atoms with Crippen molar-refractivity contribution >= 4 is 21.6 Å². The topological polar surface area (TPSA) is 79.0 Å². The molecule has 0 radical (unpaired) electrons. The monoisotopic (exact) mass is 533 g/mol. The molecule has 0 atom stereocenters. The van der Waals surface area contributed by atoms with E-state index in [0.717, 1.165) is 32.0 Å². The first-order chi connectivity index (χ1) is 18.5. The molecule has 38 heavy (non-hydrogen) atoms. The lowest BCUT2D eigenvalue weighted by atomic mass is 9.90. The number of anilines is 1. The second-order valence-electron chi connectivity index (χ2n) is 10.1. The number of hydrogen-bond donors (Lipinski definition) is 1. The van der Waals surface area contributed by atoms with Gasteiger partial charge in [-0.25, -0.2) is 8.42 Å². The van der Waals surface area contributed by atoms with Crippen LogP contribution >= 0.6 is 0 Å². The number of sulfonamides is 1. The van der Waals surface area contributed by atoms with Gasteiger partial charge >= 0.3 is 0 Å². The van der Waals surface area contributed by atoms with E-state index < -0.39 is 10.0 Å². The van der Waals surface area contributed by atoms with Gasteiger partial charge in [-0.1, -0.05) is 42.5 Å². The molecule has 3 aromatic rings. The van der Waals surface area contributed by atoms with Gasteiger partial charge < -0.3 is 10.1 Å². The Morgan fingerprint density at radius 1 is 0.816 bits per heavy atom. The molecule has 1 amide bonds. The van der Waals surface area contributed by atoms with Gasteiger partial charge in [0.25, 0.3) is 5.91 Å². The van der Waals surface area contributed by atoms with Crippen molar-refractivity contribution in [2.24, 2.45) is 5.92 Å². The Morgan fingerprint density at radius 3 is 2.13 bits per heavy atom. The summed E-state index contributed by atoms with van der Waals surface area (Å²) in [6.07, 6.45) is 3.58. The number of amides is 1. The van der Waals surface area contributed by atoms with Gasteiger partial charge in [-0.2, -0.15) is 4.31 Å². The van der Waals surface area contributed by atoms with Crippen LogP contribution in [0.4, 0.5) is 5.69 Å². The second kappa shape index (κ2) is 12.2. The summed E-state index contributed by atoms with van der Waals surface area (Å²) in [5.41, 5.74) is 3.74. The predicted molar refractivity (Wildman–Crippen MR) is 149 cm³/mol. The van der Waals surface area contributed by atoms with Crippen LogP contribution < -0.4 is 5.32 Å². The third-order valence-corrected chi connectivity index (χ3v) is 9.33. The zero-order valence-corrected chi connectivity index (χ0v) is 22.4. The van der Waals surface area contributed by atoms with Crippen LogP contribution in [-0.2, 0) is 27.7 Å². The number of carbonyl (C=O) groups is 1. The normalized spacial score (nSPS) is 17.8. The number of hydrogen-bond acceptors (Lipinski definition) is 5. The number of piperidine rings is 1. The summed E-state index contributed by atoms with van der Waals surface area (Å²) >= 11 is 0. The molecule has 0 bridgehead atoms. The van der Waals surface area contributed by atoms with Gasteiger partial charge in [-0.05, 0) is 85.8 Å². The van der Waals surface area contributed by atoms with E-state index in [1.165, 1.54) is 40.4 Å². The fraction of sp³-hybridized carbons (Fsp3) is 0.367. The number of ether oxygens (including phenoxy) is 1. The molecule has 0 saturated carbocycles. The van der Waals surface area contributed by atoms with Gasteiger partial charge in [0.1, 0.15) is 0 Å². The van der Waals surface area contributed by atoms with Crippen molar-refractivity contribution in [1.29, 1.82) is 0 Å². The average molecular weight is 534 g/mol. The van der Waals surface area contributed by atoms with Gasteiger partial charge in [-0.3, -0.25) is 9.69 Å². The molecule has 2 aliphatic rings. The van der Waals surface area contributed by atoms with Crippen molar-refractivity contribution in [2.45, 2.75) is 30.7 Å². The summed E-state index contributed by atoms with van der Waals surface area (Å²) in [6.45, 7) is 4.58. The zero-order chi connectivity index (χ0) is 26.4. The molecule has 2 aliphatic heterocycles. The van der Waals surface area contributed by atoms with Crippen molar-refractivity contribution in [2.75, 3.05) is 44.7 Å². The number of morpholine rings is 1. The maximum absolute atomic E-state index is 12.8. The van der Waals surface area contributed by atoms with Crippen LogP contribution in [0, 0.1) is 5.92 Å². The molecule has 0 unspecified atom stereocenters. The minimum absolute atomic E-state index is 0.214. The standard InChI is InChI=1S/C30H35N3O4S/c34-30(31-28-10-12-29(13-11-28)38(35,36)33-18-20-37-21-19-33)27-8-6-26(7-9-27)23-32-16-14-25(15-17-32)22-24-4-2-1-3-5-24/h1-13,25H,14-23H2,(H,31,34). The first-order valence-corrected chi connectivity index (χ1v) is 14.8. The molecule has 5 rings (SSSR count). The predicted octanol–water partition coefficient (Wildman–Crippen LogP) is 4.41. The summed E-state index contributed by atoms with van der Waals surface area (Å²) in [4.78, 5) is 15.5. The Labute approximate surface area is 225 Å². The van der Waals surface area contributed by atoms with E-state index in [-0.39, 0.29) is 10.8 Å². The molecule has 8 heteroatoms. The minimum Gasteiger partial charge on any atom is -0.379 e. The highest BCUT2D eigenvalue weighted by molar-refractivity contribution is 7.89. The van der Waals surface area contributed by atoms with E-state index in [2.05, 4.69) is 40.5 Å². The number of carbonyl (C=O) groups excluding carboxylic acids is 1. The Hall–Kier alpha value is -3.04. The van der Waals surface area contributed by atoms with Crippen LogP contribution in [0.3, 0.4) is 0 Å². The van der Waals surface area contributed by atoms with Crippen LogP contribution in [0.2, 0.25) is 0 Å². The van der Waals surface area contributed by atoms with Crippen LogP contribution in [0.15, 0.2) is 83.8 Å². The largest absolute Gasteiger partial charge is 0.379 e. The summed E-state index contributed by atoms with van der Waals surface area (Å²) in [5, 5.41) is 2.86. The Morgan fingerprint density at radius 2 is 1.47 bits per heavy atom.